The molecule has 0 aromatic carbocycles. The van der Waals surface area contributed by atoms with Crippen LogP contribution in [0.15, 0.2) is 16.9 Å². The Labute approximate surface area is 210 Å². The van der Waals surface area contributed by atoms with Gasteiger partial charge in [0.05, 0.1) is 11.6 Å². The van der Waals surface area contributed by atoms with Gasteiger partial charge in [-0.25, -0.2) is 9.78 Å². The van der Waals surface area contributed by atoms with Crippen molar-refractivity contribution in [3.8, 4) is 6.07 Å². The molecule has 4 rings (SSSR count). The molecule has 11 heteroatoms. The van der Waals surface area contributed by atoms with E-state index in [1.807, 2.05) is 20.8 Å². The van der Waals surface area contributed by atoms with Crippen LogP contribution in [0.4, 0.5) is 5.82 Å². The minimum Gasteiger partial charge on any atom is -0.349 e. The molecule has 2 N–H and O–H groups in total. The molecule has 1 aliphatic heterocycles. The van der Waals surface area contributed by atoms with E-state index < -0.39 is 11.7 Å². The molecule has 192 valence electrons. The number of carbonyl (C=O) groups is 2. The average Bonchev–Trinajstić information content (AvgIpc) is 3.70. The van der Waals surface area contributed by atoms with Gasteiger partial charge in [-0.2, -0.15) is 10.2 Å². The molecule has 3 heterocycles. The van der Waals surface area contributed by atoms with Gasteiger partial charge in [0, 0.05) is 38.1 Å². The molecule has 2 aliphatic rings. The summed E-state index contributed by atoms with van der Waals surface area (Å²) in [5.74, 6) is 0.113. The number of nitriles is 1. The molecule has 2 aromatic heterocycles. The highest BCUT2D eigenvalue weighted by molar-refractivity contribution is 5.88. The van der Waals surface area contributed by atoms with Crippen molar-refractivity contribution >= 4 is 28.7 Å². The summed E-state index contributed by atoms with van der Waals surface area (Å²) >= 11 is 0. The predicted molar refractivity (Wildman–Crippen MR) is 135 cm³/mol. The van der Waals surface area contributed by atoms with Crippen LogP contribution < -0.4 is 21.4 Å². The maximum absolute atomic E-state index is 13.2. The van der Waals surface area contributed by atoms with Crippen LogP contribution in [-0.2, 0) is 16.6 Å². The fourth-order valence-corrected chi connectivity index (χ4v) is 5.02. The second-order valence-corrected chi connectivity index (χ2v) is 10.2. The summed E-state index contributed by atoms with van der Waals surface area (Å²) in [7, 11) is 1.64. The summed E-state index contributed by atoms with van der Waals surface area (Å²) < 4.78 is 1.43. The number of hydrogen-bond acceptors (Lipinski definition) is 8. The van der Waals surface area contributed by atoms with E-state index in [2.05, 4.69) is 43.6 Å². The van der Waals surface area contributed by atoms with Crippen molar-refractivity contribution in [2.45, 2.75) is 65.1 Å². The van der Waals surface area contributed by atoms with Crippen molar-refractivity contribution in [3.05, 3.63) is 28.3 Å². The summed E-state index contributed by atoms with van der Waals surface area (Å²) in [5.41, 5.74) is 6.21. The fraction of sp³-hybridized carbons (Fsp3) is 0.600. The SMILES string of the molecule is CC[C@@H]1CN(c2nc(=O)n(C)c3ccc(C#N)nc23)C(C)CN1C(C(=O)NNC(=O)C1CC1)C(C)C. The number of hydrogen-bond donors (Lipinski definition) is 2. The summed E-state index contributed by atoms with van der Waals surface area (Å²) in [5, 5.41) is 9.38. The van der Waals surface area contributed by atoms with Crippen LogP contribution in [0.2, 0.25) is 0 Å². The fourth-order valence-electron chi connectivity index (χ4n) is 5.02. The number of hydrazine groups is 1. The largest absolute Gasteiger partial charge is 0.349 e. The van der Waals surface area contributed by atoms with Crippen LogP contribution in [0.25, 0.3) is 11.0 Å². The Balaban J connectivity index is 1.63. The number of amides is 2. The Kier molecular flexibility index (Phi) is 7.26. The topological polar surface area (TPSA) is 136 Å². The molecule has 0 bridgehead atoms. The molecule has 2 fully saturated rings. The number of piperazine rings is 1. The lowest BCUT2D eigenvalue weighted by molar-refractivity contribution is -0.135. The van der Waals surface area contributed by atoms with Crippen LogP contribution in [0.3, 0.4) is 0 Å². The van der Waals surface area contributed by atoms with E-state index in [4.69, 9.17) is 0 Å². The number of nitrogens with zero attached hydrogens (tertiary/aromatic N) is 6. The zero-order valence-corrected chi connectivity index (χ0v) is 21.5. The molecule has 0 radical (unpaired) electrons. The van der Waals surface area contributed by atoms with Crippen LogP contribution in [0, 0.1) is 23.2 Å². The molecule has 2 unspecified atom stereocenters. The van der Waals surface area contributed by atoms with Crippen LogP contribution in [0.5, 0.6) is 0 Å². The van der Waals surface area contributed by atoms with E-state index in [1.54, 1.807) is 19.2 Å². The second-order valence-electron chi connectivity index (χ2n) is 10.2. The van der Waals surface area contributed by atoms with Gasteiger partial charge in [-0.15, -0.1) is 0 Å². The Bertz CT molecular complexity index is 1260. The van der Waals surface area contributed by atoms with Gasteiger partial charge < -0.3 is 4.90 Å². The van der Waals surface area contributed by atoms with Gasteiger partial charge in [0.2, 0.25) is 5.91 Å². The lowest BCUT2D eigenvalue weighted by Crippen LogP contribution is -2.65. The minimum atomic E-state index is -0.435. The summed E-state index contributed by atoms with van der Waals surface area (Å²) in [6.45, 7) is 9.19. The molecule has 1 aliphatic carbocycles. The third kappa shape index (κ3) is 4.91. The summed E-state index contributed by atoms with van der Waals surface area (Å²) in [6, 6.07) is 4.86. The first-order valence-electron chi connectivity index (χ1n) is 12.6. The van der Waals surface area contributed by atoms with Crippen molar-refractivity contribution in [2.75, 3.05) is 18.0 Å². The Morgan fingerprint density at radius 2 is 1.92 bits per heavy atom. The maximum atomic E-state index is 13.2. The van der Waals surface area contributed by atoms with Crippen LogP contribution in [0.1, 0.15) is 52.7 Å². The number of rotatable bonds is 6. The monoisotopic (exact) mass is 494 g/mol. The zero-order chi connectivity index (χ0) is 26.1. The van der Waals surface area contributed by atoms with E-state index in [9.17, 15) is 19.6 Å². The van der Waals surface area contributed by atoms with Gasteiger partial charge in [0.15, 0.2) is 5.82 Å². The first-order chi connectivity index (χ1) is 17.2. The van der Waals surface area contributed by atoms with Gasteiger partial charge >= 0.3 is 5.69 Å². The van der Waals surface area contributed by atoms with E-state index in [0.29, 0.717) is 29.9 Å². The van der Waals surface area contributed by atoms with Crippen molar-refractivity contribution < 1.29 is 9.59 Å². The number of aryl methyl sites for hydroxylation is 1. The van der Waals surface area contributed by atoms with E-state index in [0.717, 1.165) is 19.3 Å². The highest BCUT2D eigenvalue weighted by Gasteiger charge is 2.40. The molecule has 1 saturated carbocycles. The lowest BCUT2D eigenvalue weighted by Gasteiger charge is -2.49. The van der Waals surface area contributed by atoms with Crippen molar-refractivity contribution in [3.63, 3.8) is 0 Å². The molecule has 11 nitrogen and oxygen atoms in total. The number of aromatic nitrogens is 3. The lowest BCUT2D eigenvalue weighted by atomic mass is 9.95. The smallest absolute Gasteiger partial charge is 0.349 e. The molecular formula is C25H34N8O3. The van der Waals surface area contributed by atoms with Crippen LogP contribution >= 0.6 is 0 Å². The summed E-state index contributed by atoms with van der Waals surface area (Å²) in [4.78, 5) is 51.0. The highest BCUT2D eigenvalue weighted by atomic mass is 16.2. The third-order valence-corrected chi connectivity index (χ3v) is 7.19. The van der Waals surface area contributed by atoms with E-state index >= 15 is 0 Å². The van der Waals surface area contributed by atoms with Gasteiger partial charge in [-0.1, -0.05) is 20.8 Å². The standard InChI is InChI=1S/C25H34N8O3/c1-6-18-13-32(22-20-19(31(5)25(36)28-22)10-9-17(11-26)27-20)15(4)12-33(18)21(14(2)3)24(35)30-29-23(34)16-7-8-16/h9-10,14-16,18,21H,6-8,12-13H2,1-5H3,(H,29,34)(H,30,35)/t15?,18-,21?/m1/s1. The maximum Gasteiger partial charge on any atom is 0.349 e. The summed E-state index contributed by atoms with van der Waals surface area (Å²) in [6.07, 6.45) is 2.50. The van der Waals surface area contributed by atoms with Gasteiger partial charge in [0.25, 0.3) is 5.91 Å². The average molecular weight is 495 g/mol. The van der Waals surface area contributed by atoms with Crippen molar-refractivity contribution in [1.82, 2.24) is 30.3 Å². The van der Waals surface area contributed by atoms with Gasteiger partial charge in [0.1, 0.15) is 17.3 Å². The minimum absolute atomic E-state index is 0.00135. The number of pyridine rings is 1. The molecule has 2 amide bonds. The van der Waals surface area contributed by atoms with E-state index in [-0.39, 0.29) is 41.4 Å². The first kappa shape index (κ1) is 25.6. The number of carbonyl (C=O) groups excluding carboxylic acids is 2. The molecular weight excluding hydrogens is 460 g/mol. The van der Waals surface area contributed by atoms with Gasteiger partial charge in [-0.05, 0) is 44.2 Å². The van der Waals surface area contributed by atoms with Crippen molar-refractivity contribution in [2.24, 2.45) is 18.9 Å². The number of nitrogens with one attached hydrogen (secondary N) is 2. The normalized spacial score (nSPS) is 21.3. The second kappa shape index (κ2) is 10.2. The molecule has 2 aromatic rings. The van der Waals surface area contributed by atoms with E-state index in [1.165, 1.54) is 4.57 Å². The quantitative estimate of drug-likeness (QED) is 0.569. The number of anilines is 1. The molecule has 0 spiro atoms. The third-order valence-electron chi connectivity index (χ3n) is 7.19. The number of fused-ring (bicyclic) bond motifs is 1. The van der Waals surface area contributed by atoms with Crippen molar-refractivity contribution in [1.29, 1.82) is 5.26 Å². The molecule has 36 heavy (non-hydrogen) atoms. The zero-order valence-electron chi connectivity index (χ0n) is 21.5. The Morgan fingerprint density at radius 3 is 2.53 bits per heavy atom. The highest BCUT2D eigenvalue weighted by Crippen LogP contribution is 2.30. The molecule has 3 atom stereocenters. The van der Waals surface area contributed by atoms with Crippen LogP contribution in [-0.4, -0.2) is 62.5 Å². The molecule has 1 saturated heterocycles. The Morgan fingerprint density at radius 1 is 1.19 bits per heavy atom. The van der Waals surface area contributed by atoms with Gasteiger partial charge in [-0.3, -0.25) is 29.9 Å². The first-order valence-corrected chi connectivity index (χ1v) is 12.6. The Hall–Kier alpha value is -3.52. The predicted octanol–water partition coefficient (Wildman–Crippen LogP) is 1.07.